The van der Waals surface area contributed by atoms with E-state index in [2.05, 4.69) is 71.0 Å². The number of aryl methyl sites for hydroxylation is 1. The van der Waals surface area contributed by atoms with Crippen LogP contribution >= 0.6 is 0 Å². The average molecular weight is 383 g/mol. The number of aromatic nitrogens is 2. The molecule has 1 saturated heterocycles. The summed E-state index contributed by atoms with van der Waals surface area (Å²) in [6.07, 6.45) is 7.17. The second-order valence-corrected chi connectivity index (χ2v) is 7.70. The van der Waals surface area contributed by atoms with Gasteiger partial charge in [0.1, 0.15) is 0 Å². The monoisotopic (exact) mass is 382 g/mol. The van der Waals surface area contributed by atoms with E-state index in [0.29, 0.717) is 12.1 Å². The first kappa shape index (κ1) is 20.4. The maximum atomic E-state index is 4.77. The molecule has 1 fully saturated rings. The molecule has 6 nitrogen and oxygen atoms in total. The third-order valence-corrected chi connectivity index (χ3v) is 5.36. The van der Waals surface area contributed by atoms with Crippen LogP contribution in [0.25, 0.3) is 0 Å². The molecule has 1 aromatic heterocycles. The van der Waals surface area contributed by atoms with Gasteiger partial charge >= 0.3 is 0 Å². The van der Waals surface area contributed by atoms with Crippen LogP contribution in [0.2, 0.25) is 0 Å². The Morgan fingerprint density at radius 1 is 1.25 bits per heavy atom. The van der Waals surface area contributed by atoms with E-state index in [9.17, 15) is 0 Å². The van der Waals surface area contributed by atoms with Gasteiger partial charge in [0.05, 0.1) is 6.20 Å². The lowest BCUT2D eigenvalue weighted by Gasteiger charge is -2.38. The summed E-state index contributed by atoms with van der Waals surface area (Å²) in [5.74, 6) is 0.931. The van der Waals surface area contributed by atoms with Crippen LogP contribution in [0.5, 0.6) is 0 Å². The van der Waals surface area contributed by atoms with Crippen molar-refractivity contribution in [2.24, 2.45) is 12.0 Å². The highest BCUT2D eigenvalue weighted by atomic mass is 15.2. The molecule has 2 N–H and O–H groups in total. The highest BCUT2D eigenvalue weighted by molar-refractivity contribution is 5.80. The molecule has 6 heteroatoms. The third kappa shape index (κ3) is 6.09. The van der Waals surface area contributed by atoms with Crippen LogP contribution < -0.4 is 10.6 Å². The van der Waals surface area contributed by atoms with Crippen molar-refractivity contribution in [3.8, 4) is 0 Å². The van der Waals surface area contributed by atoms with E-state index in [1.165, 1.54) is 11.1 Å². The lowest BCUT2D eigenvalue weighted by atomic mass is 9.97. The molecule has 0 amide bonds. The van der Waals surface area contributed by atoms with Gasteiger partial charge in [0.15, 0.2) is 5.96 Å². The predicted molar refractivity (Wildman–Crippen MR) is 115 cm³/mol. The average Bonchev–Trinajstić information content (AvgIpc) is 3.10. The molecular formula is C22H34N6. The number of benzene rings is 1. The maximum absolute atomic E-state index is 4.77. The Bertz CT molecular complexity index is 738. The Morgan fingerprint density at radius 2 is 2.07 bits per heavy atom. The molecule has 152 valence electrons. The normalized spacial score (nSPS) is 20.9. The van der Waals surface area contributed by atoms with Crippen LogP contribution in [-0.2, 0) is 20.0 Å². The Labute approximate surface area is 169 Å². The summed E-state index contributed by atoms with van der Waals surface area (Å²) in [5, 5.41) is 11.3. The van der Waals surface area contributed by atoms with E-state index in [1.54, 1.807) is 0 Å². The topological polar surface area (TPSA) is 57.5 Å². The molecule has 0 radical (unpaired) electrons. The third-order valence-electron chi connectivity index (χ3n) is 5.36. The van der Waals surface area contributed by atoms with Crippen molar-refractivity contribution in [3.05, 3.63) is 53.9 Å². The highest BCUT2D eigenvalue weighted by Crippen LogP contribution is 2.19. The number of nitrogens with zero attached hydrogens (tertiary/aromatic N) is 4. The zero-order chi connectivity index (χ0) is 19.8. The number of guanidine groups is 1. The standard InChI is InChI=1S/C22H34N6/c1-4-23-22(24-12-10-20-15-25-27(3)16-20)26-21-11-13-28(18(2)14-21)17-19-8-6-5-7-9-19/h5-9,15-16,18,21H,4,10-14,17H2,1-3H3,(H2,23,24,26). The Hall–Kier alpha value is -2.34. The van der Waals surface area contributed by atoms with Gasteiger partial charge in [-0.15, -0.1) is 0 Å². The first-order valence-electron chi connectivity index (χ1n) is 10.4. The summed E-state index contributed by atoms with van der Waals surface area (Å²) in [7, 11) is 1.95. The fourth-order valence-electron chi connectivity index (χ4n) is 3.82. The summed E-state index contributed by atoms with van der Waals surface area (Å²) >= 11 is 0. The van der Waals surface area contributed by atoms with Crippen molar-refractivity contribution < 1.29 is 0 Å². The van der Waals surface area contributed by atoms with Crippen molar-refractivity contribution in [2.75, 3.05) is 19.6 Å². The number of hydrogen-bond acceptors (Lipinski definition) is 3. The van der Waals surface area contributed by atoms with E-state index in [-0.39, 0.29) is 0 Å². The second-order valence-electron chi connectivity index (χ2n) is 7.70. The minimum atomic E-state index is 0.471. The molecule has 2 heterocycles. The molecule has 3 rings (SSSR count). The minimum absolute atomic E-state index is 0.471. The van der Waals surface area contributed by atoms with Crippen LogP contribution in [0.4, 0.5) is 0 Å². The van der Waals surface area contributed by atoms with Gasteiger partial charge in [0.25, 0.3) is 0 Å². The van der Waals surface area contributed by atoms with E-state index < -0.39 is 0 Å². The molecule has 0 bridgehead atoms. The molecule has 2 aromatic rings. The van der Waals surface area contributed by atoms with Crippen LogP contribution in [0.1, 0.15) is 37.8 Å². The first-order chi connectivity index (χ1) is 13.6. The SMILES string of the molecule is CCNC(=NCCc1cnn(C)c1)NC1CCN(Cc2ccccc2)C(C)C1. The lowest BCUT2D eigenvalue weighted by Crippen LogP contribution is -2.51. The fraction of sp³-hybridized carbons (Fsp3) is 0.545. The molecule has 0 spiro atoms. The number of nitrogens with one attached hydrogen (secondary N) is 2. The molecule has 1 aliphatic heterocycles. The molecule has 28 heavy (non-hydrogen) atoms. The van der Waals surface area contributed by atoms with Crippen LogP contribution in [-0.4, -0.2) is 52.4 Å². The van der Waals surface area contributed by atoms with E-state index in [1.807, 2.05) is 17.9 Å². The predicted octanol–water partition coefficient (Wildman–Crippen LogP) is 2.57. The Balaban J connectivity index is 1.49. The Kier molecular flexibility index (Phi) is 7.48. The van der Waals surface area contributed by atoms with E-state index in [4.69, 9.17) is 4.99 Å². The van der Waals surface area contributed by atoms with Gasteiger partial charge in [-0.25, -0.2) is 0 Å². The molecule has 1 aromatic carbocycles. The van der Waals surface area contributed by atoms with E-state index >= 15 is 0 Å². The first-order valence-corrected chi connectivity index (χ1v) is 10.4. The summed E-state index contributed by atoms with van der Waals surface area (Å²) in [5.41, 5.74) is 2.62. The molecule has 0 aliphatic carbocycles. The molecule has 0 saturated carbocycles. The zero-order valence-electron chi connectivity index (χ0n) is 17.4. The van der Waals surface area contributed by atoms with Crippen LogP contribution in [0, 0.1) is 0 Å². The summed E-state index contributed by atoms with van der Waals surface area (Å²) in [6, 6.07) is 11.8. The fourth-order valence-corrected chi connectivity index (χ4v) is 3.82. The van der Waals surface area contributed by atoms with Gasteiger partial charge < -0.3 is 10.6 Å². The van der Waals surface area contributed by atoms with Crippen LogP contribution in [0.15, 0.2) is 47.7 Å². The Morgan fingerprint density at radius 3 is 2.75 bits per heavy atom. The van der Waals surface area contributed by atoms with Gasteiger partial charge in [-0.1, -0.05) is 30.3 Å². The highest BCUT2D eigenvalue weighted by Gasteiger charge is 2.25. The number of likely N-dealkylation sites (tertiary alicyclic amines) is 1. The quantitative estimate of drug-likeness (QED) is 0.571. The summed E-state index contributed by atoms with van der Waals surface area (Å²) in [6.45, 7) is 8.24. The number of aliphatic imine (C=N–C) groups is 1. The van der Waals surface area contributed by atoms with Gasteiger partial charge in [-0.3, -0.25) is 14.6 Å². The van der Waals surface area contributed by atoms with Crippen LogP contribution in [0.3, 0.4) is 0 Å². The summed E-state index contributed by atoms with van der Waals surface area (Å²) < 4.78 is 1.84. The van der Waals surface area contributed by atoms with Crippen molar-refractivity contribution in [3.63, 3.8) is 0 Å². The second kappa shape index (κ2) is 10.3. The zero-order valence-corrected chi connectivity index (χ0v) is 17.4. The van der Waals surface area contributed by atoms with Gasteiger partial charge in [-0.05, 0) is 44.2 Å². The number of piperidine rings is 1. The molecule has 1 aliphatic rings. The van der Waals surface area contributed by atoms with E-state index in [0.717, 1.165) is 51.4 Å². The van der Waals surface area contributed by atoms with Gasteiger partial charge in [0, 0.05) is 51.5 Å². The van der Waals surface area contributed by atoms with Crippen molar-refractivity contribution in [1.29, 1.82) is 0 Å². The molecular weight excluding hydrogens is 348 g/mol. The lowest BCUT2D eigenvalue weighted by molar-refractivity contribution is 0.134. The van der Waals surface area contributed by atoms with Crippen molar-refractivity contribution in [1.82, 2.24) is 25.3 Å². The number of hydrogen-bond donors (Lipinski definition) is 2. The smallest absolute Gasteiger partial charge is 0.191 e. The largest absolute Gasteiger partial charge is 0.357 e. The molecule has 2 unspecified atom stereocenters. The molecule has 2 atom stereocenters. The van der Waals surface area contributed by atoms with Crippen molar-refractivity contribution >= 4 is 5.96 Å². The maximum Gasteiger partial charge on any atom is 0.191 e. The minimum Gasteiger partial charge on any atom is -0.357 e. The van der Waals surface area contributed by atoms with Crippen molar-refractivity contribution in [2.45, 2.75) is 51.7 Å². The van der Waals surface area contributed by atoms with Gasteiger partial charge in [-0.2, -0.15) is 5.10 Å². The summed E-state index contributed by atoms with van der Waals surface area (Å²) in [4.78, 5) is 7.35. The van der Waals surface area contributed by atoms with Gasteiger partial charge in [0.2, 0.25) is 0 Å². The number of rotatable bonds is 7.